The second-order valence-electron chi connectivity index (χ2n) is 5.24. The minimum atomic E-state index is 0.655. The van der Waals surface area contributed by atoms with Crippen molar-refractivity contribution >= 4 is 0 Å². The second-order valence-corrected chi connectivity index (χ2v) is 5.24. The fraction of sp³-hybridized carbons (Fsp3) is 1.00. The summed E-state index contributed by atoms with van der Waals surface area (Å²) in [4.78, 5) is 0. The van der Waals surface area contributed by atoms with Gasteiger partial charge in [0.15, 0.2) is 0 Å². The molecule has 0 aromatic heterocycles. The molecule has 140 valence electrons. The van der Waals surface area contributed by atoms with Crippen LogP contribution in [0.4, 0.5) is 0 Å². The number of rotatable bonds is 20. The van der Waals surface area contributed by atoms with E-state index in [1.54, 1.807) is 0 Å². The zero-order valence-corrected chi connectivity index (χ0v) is 15.2. The van der Waals surface area contributed by atoms with Gasteiger partial charge in [0.2, 0.25) is 0 Å². The van der Waals surface area contributed by atoms with E-state index in [2.05, 4.69) is 17.6 Å². The van der Waals surface area contributed by atoms with Crippen molar-refractivity contribution in [2.75, 3.05) is 79.0 Å². The highest BCUT2D eigenvalue weighted by Gasteiger charge is 1.93. The first-order valence-electron chi connectivity index (χ1n) is 9.14. The van der Waals surface area contributed by atoms with Crippen molar-refractivity contribution < 1.29 is 18.9 Å². The lowest BCUT2D eigenvalue weighted by atomic mass is 10.2. The lowest BCUT2D eigenvalue weighted by molar-refractivity contribution is 0.0454. The third kappa shape index (κ3) is 21.8. The summed E-state index contributed by atoms with van der Waals surface area (Å²) in [5, 5.41) is 6.64. The Bertz CT molecular complexity index is 189. The van der Waals surface area contributed by atoms with E-state index in [-0.39, 0.29) is 0 Å². The lowest BCUT2D eigenvalue weighted by Crippen LogP contribution is -2.25. The van der Waals surface area contributed by atoms with Gasteiger partial charge in [0.25, 0.3) is 0 Å². The minimum absolute atomic E-state index is 0.655. The Morgan fingerprint density at radius 2 is 1.00 bits per heavy atom. The van der Waals surface area contributed by atoms with E-state index in [0.717, 1.165) is 39.4 Å². The standard InChI is InChI=1S/C17H38N2O4/c1-3-5-6-7-18-8-11-22-16-17-23-13-10-19-9-12-21-15-14-20-4-2/h18-19H,3-17H2,1-2H3. The molecule has 0 atom stereocenters. The predicted molar refractivity (Wildman–Crippen MR) is 94.2 cm³/mol. The lowest BCUT2D eigenvalue weighted by Gasteiger charge is -2.08. The van der Waals surface area contributed by atoms with Gasteiger partial charge in [-0.1, -0.05) is 19.8 Å². The van der Waals surface area contributed by atoms with Gasteiger partial charge in [-0.15, -0.1) is 0 Å². The number of hydrogen-bond acceptors (Lipinski definition) is 6. The molecule has 0 aliphatic heterocycles. The maximum atomic E-state index is 5.49. The Morgan fingerprint density at radius 1 is 0.522 bits per heavy atom. The van der Waals surface area contributed by atoms with E-state index in [1.165, 1.54) is 19.3 Å². The van der Waals surface area contributed by atoms with Crippen molar-refractivity contribution in [3.63, 3.8) is 0 Å². The summed E-state index contributed by atoms with van der Waals surface area (Å²) in [5.74, 6) is 0. The van der Waals surface area contributed by atoms with E-state index in [0.29, 0.717) is 39.6 Å². The van der Waals surface area contributed by atoms with Crippen molar-refractivity contribution in [1.82, 2.24) is 10.6 Å². The molecule has 0 heterocycles. The molecule has 23 heavy (non-hydrogen) atoms. The fourth-order valence-electron chi connectivity index (χ4n) is 1.87. The van der Waals surface area contributed by atoms with Gasteiger partial charge < -0.3 is 29.6 Å². The third-order valence-electron chi connectivity index (χ3n) is 3.17. The molecule has 0 saturated carbocycles. The molecule has 2 N–H and O–H groups in total. The van der Waals surface area contributed by atoms with Gasteiger partial charge in [-0.2, -0.15) is 0 Å². The summed E-state index contributed by atoms with van der Waals surface area (Å²) in [6.07, 6.45) is 3.82. The highest BCUT2D eigenvalue weighted by molar-refractivity contribution is 4.47. The molecule has 0 aliphatic carbocycles. The van der Waals surface area contributed by atoms with Crippen LogP contribution in [-0.4, -0.2) is 79.0 Å². The van der Waals surface area contributed by atoms with Crippen molar-refractivity contribution in [2.24, 2.45) is 0 Å². The fourth-order valence-corrected chi connectivity index (χ4v) is 1.87. The minimum Gasteiger partial charge on any atom is -0.379 e. The molecule has 0 bridgehead atoms. The molecule has 0 aromatic carbocycles. The first-order chi connectivity index (χ1) is 11.4. The van der Waals surface area contributed by atoms with Crippen molar-refractivity contribution in [3.05, 3.63) is 0 Å². The zero-order chi connectivity index (χ0) is 16.8. The Kier molecular flexibility index (Phi) is 21.5. The van der Waals surface area contributed by atoms with Gasteiger partial charge in [-0.3, -0.25) is 0 Å². The van der Waals surface area contributed by atoms with Gasteiger partial charge in [0.05, 0.1) is 46.2 Å². The molecule has 0 amide bonds. The third-order valence-corrected chi connectivity index (χ3v) is 3.17. The summed E-state index contributed by atoms with van der Waals surface area (Å²) >= 11 is 0. The van der Waals surface area contributed by atoms with Crippen LogP contribution in [0.2, 0.25) is 0 Å². The average Bonchev–Trinajstić information content (AvgIpc) is 2.57. The monoisotopic (exact) mass is 334 g/mol. The van der Waals surface area contributed by atoms with Crippen LogP contribution >= 0.6 is 0 Å². The van der Waals surface area contributed by atoms with Crippen LogP contribution in [0.25, 0.3) is 0 Å². The molecule has 0 saturated heterocycles. The number of nitrogens with one attached hydrogen (secondary N) is 2. The van der Waals surface area contributed by atoms with Gasteiger partial charge in [-0.05, 0) is 19.9 Å². The molecule has 6 heteroatoms. The van der Waals surface area contributed by atoms with E-state index < -0.39 is 0 Å². The normalized spacial score (nSPS) is 11.2. The van der Waals surface area contributed by atoms with E-state index in [1.807, 2.05) is 6.92 Å². The predicted octanol–water partition coefficient (Wildman–Crippen LogP) is 1.44. The van der Waals surface area contributed by atoms with Crippen LogP contribution in [0.1, 0.15) is 33.1 Å². The van der Waals surface area contributed by atoms with Crippen LogP contribution in [0.15, 0.2) is 0 Å². The molecular formula is C17H38N2O4. The largest absolute Gasteiger partial charge is 0.379 e. The molecule has 6 nitrogen and oxygen atoms in total. The number of unbranched alkanes of at least 4 members (excludes halogenated alkanes) is 2. The molecule has 0 rings (SSSR count). The topological polar surface area (TPSA) is 61.0 Å². The van der Waals surface area contributed by atoms with Crippen LogP contribution in [0.5, 0.6) is 0 Å². The zero-order valence-electron chi connectivity index (χ0n) is 15.2. The summed E-state index contributed by atoms with van der Waals surface area (Å²) in [7, 11) is 0. The number of hydrogen-bond donors (Lipinski definition) is 2. The molecule has 0 spiro atoms. The van der Waals surface area contributed by atoms with Crippen LogP contribution < -0.4 is 10.6 Å². The van der Waals surface area contributed by atoms with Crippen LogP contribution in [0, 0.1) is 0 Å². The summed E-state index contributed by atoms with van der Waals surface area (Å²) in [5.41, 5.74) is 0. The Balaban J connectivity index is 2.92. The second kappa shape index (κ2) is 21.8. The first-order valence-corrected chi connectivity index (χ1v) is 9.14. The molecule has 0 unspecified atom stereocenters. The van der Waals surface area contributed by atoms with Gasteiger partial charge >= 0.3 is 0 Å². The van der Waals surface area contributed by atoms with E-state index >= 15 is 0 Å². The Morgan fingerprint density at radius 3 is 1.48 bits per heavy atom. The maximum Gasteiger partial charge on any atom is 0.0701 e. The number of ether oxygens (including phenoxy) is 4. The van der Waals surface area contributed by atoms with Crippen LogP contribution in [-0.2, 0) is 18.9 Å². The molecule has 0 fully saturated rings. The molecule has 0 radical (unpaired) electrons. The van der Waals surface area contributed by atoms with E-state index in [4.69, 9.17) is 18.9 Å². The maximum absolute atomic E-state index is 5.49. The smallest absolute Gasteiger partial charge is 0.0701 e. The van der Waals surface area contributed by atoms with E-state index in [9.17, 15) is 0 Å². The summed E-state index contributed by atoms with van der Waals surface area (Å²) < 4.78 is 21.6. The Hall–Kier alpha value is -0.240. The van der Waals surface area contributed by atoms with Gasteiger partial charge in [-0.25, -0.2) is 0 Å². The van der Waals surface area contributed by atoms with Gasteiger partial charge in [0.1, 0.15) is 0 Å². The first kappa shape index (κ1) is 22.8. The Labute approximate surface area is 142 Å². The van der Waals surface area contributed by atoms with Crippen molar-refractivity contribution in [2.45, 2.75) is 33.1 Å². The van der Waals surface area contributed by atoms with Crippen molar-refractivity contribution in [1.29, 1.82) is 0 Å². The highest BCUT2D eigenvalue weighted by atomic mass is 16.5. The summed E-state index contributed by atoms with van der Waals surface area (Å²) in [6.45, 7) is 13.5. The van der Waals surface area contributed by atoms with Crippen LogP contribution in [0.3, 0.4) is 0 Å². The highest BCUT2D eigenvalue weighted by Crippen LogP contribution is 1.90. The molecule has 0 aromatic rings. The van der Waals surface area contributed by atoms with Gasteiger partial charge in [0, 0.05) is 26.2 Å². The quantitative estimate of drug-likeness (QED) is 0.329. The molecular weight excluding hydrogens is 296 g/mol. The van der Waals surface area contributed by atoms with Crippen molar-refractivity contribution in [3.8, 4) is 0 Å². The average molecular weight is 335 g/mol. The SMILES string of the molecule is CCCCCNCCOCCOCCNCCOCCOCC. The summed E-state index contributed by atoms with van der Waals surface area (Å²) in [6, 6.07) is 0. The molecule has 0 aliphatic rings.